The van der Waals surface area contributed by atoms with Gasteiger partial charge in [-0.3, -0.25) is 0 Å². The second kappa shape index (κ2) is 4.76. The third-order valence-corrected chi connectivity index (χ3v) is 2.94. The minimum atomic E-state index is -0.315. The minimum absolute atomic E-state index is 0.315. The van der Waals surface area contributed by atoms with Gasteiger partial charge in [0.25, 0.3) is 0 Å². The molecule has 0 aliphatic carbocycles. The van der Waals surface area contributed by atoms with E-state index in [2.05, 4.69) is 6.58 Å². The van der Waals surface area contributed by atoms with E-state index >= 15 is 0 Å². The first-order chi connectivity index (χ1) is 8.13. The quantitative estimate of drug-likeness (QED) is 0.758. The lowest BCUT2D eigenvalue weighted by atomic mass is 10.1. The van der Waals surface area contributed by atoms with E-state index in [1.165, 1.54) is 6.07 Å². The average molecular weight is 250 g/mol. The maximum absolute atomic E-state index is 13.9. The topological polar surface area (TPSA) is 3.24 Å². The summed E-state index contributed by atoms with van der Waals surface area (Å²) in [5.41, 5.74) is 2.22. The molecule has 0 saturated carbocycles. The van der Waals surface area contributed by atoms with Crippen molar-refractivity contribution in [2.45, 2.75) is 6.92 Å². The molecule has 0 saturated heterocycles. The maximum atomic E-state index is 13.9. The van der Waals surface area contributed by atoms with Crippen LogP contribution in [-0.2, 0) is 0 Å². The van der Waals surface area contributed by atoms with Gasteiger partial charge in [0, 0.05) is 22.8 Å². The number of allylic oxidation sites excluding steroid dienone is 3. The standard InChI is InChI=1S/C14H13ClFN/c1-3-17-10(2)5-4-6-14(17)12-8-7-11(15)9-13(12)16/h4-9H,2-3H2,1H3. The van der Waals surface area contributed by atoms with E-state index in [1.807, 2.05) is 30.1 Å². The Morgan fingerprint density at radius 3 is 2.82 bits per heavy atom. The first kappa shape index (κ1) is 11.9. The lowest BCUT2D eigenvalue weighted by molar-refractivity contribution is 0.522. The van der Waals surface area contributed by atoms with Crippen LogP contribution in [0, 0.1) is 5.82 Å². The zero-order valence-corrected chi connectivity index (χ0v) is 10.3. The van der Waals surface area contributed by atoms with Gasteiger partial charge in [-0.15, -0.1) is 0 Å². The highest BCUT2D eigenvalue weighted by Gasteiger charge is 2.17. The van der Waals surface area contributed by atoms with E-state index in [0.717, 1.165) is 17.9 Å². The van der Waals surface area contributed by atoms with Gasteiger partial charge in [0.2, 0.25) is 0 Å². The van der Waals surface area contributed by atoms with Crippen LogP contribution in [0.2, 0.25) is 5.02 Å². The highest BCUT2D eigenvalue weighted by atomic mass is 35.5. The first-order valence-electron chi connectivity index (χ1n) is 5.43. The number of hydrogen-bond acceptors (Lipinski definition) is 1. The van der Waals surface area contributed by atoms with Crippen molar-refractivity contribution in [2.24, 2.45) is 0 Å². The average Bonchev–Trinajstić information content (AvgIpc) is 2.29. The van der Waals surface area contributed by atoms with Crippen LogP contribution in [0.5, 0.6) is 0 Å². The van der Waals surface area contributed by atoms with Crippen molar-refractivity contribution < 1.29 is 4.39 Å². The van der Waals surface area contributed by atoms with Gasteiger partial charge in [-0.1, -0.05) is 24.3 Å². The molecule has 0 N–H and O–H groups in total. The van der Waals surface area contributed by atoms with Gasteiger partial charge in [-0.25, -0.2) is 4.39 Å². The van der Waals surface area contributed by atoms with Crippen molar-refractivity contribution in [3.05, 3.63) is 65.1 Å². The number of benzene rings is 1. The van der Waals surface area contributed by atoms with Crippen LogP contribution >= 0.6 is 11.6 Å². The fraction of sp³-hybridized carbons (Fsp3) is 0.143. The summed E-state index contributed by atoms with van der Waals surface area (Å²) in [4.78, 5) is 1.96. The van der Waals surface area contributed by atoms with Crippen molar-refractivity contribution in [3.8, 4) is 0 Å². The summed E-state index contributed by atoms with van der Waals surface area (Å²) >= 11 is 5.75. The first-order valence-corrected chi connectivity index (χ1v) is 5.81. The summed E-state index contributed by atoms with van der Waals surface area (Å²) in [6.45, 7) is 6.69. The van der Waals surface area contributed by atoms with E-state index in [0.29, 0.717) is 10.6 Å². The van der Waals surface area contributed by atoms with E-state index in [4.69, 9.17) is 11.6 Å². The van der Waals surface area contributed by atoms with Crippen molar-refractivity contribution >= 4 is 17.3 Å². The van der Waals surface area contributed by atoms with E-state index in [9.17, 15) is 4.39 Å². The predicted octanol–water partition coefficient (Wildman–Crippen LogP) is 4.23. The van der Waals surface area contributed by atoms with Crippen LogP contribution in [0.4, 0.5) is 4.39 Å². The van der Waals surface area contributed by atoms with Gasteiger partial charge in [0.1, 0.15) is 5.82 Å². The molecule has 0 atom stereocenters. The van der Waals surface area contributed by atoms with Crippen molar-refractivity contribution in [2.75, 3.05) is 6.54 Å². The molecular weight excluding hydrogens is 237 g/mol. The Bertz CT molecular complexity index is 517. The molecule has 0 aromatic heterocycles. The maximum Gasteiger partial charge on any atom is 0.134 e. The smallest absolute Gasteiger partial charge is 0.134 e. The van der Waals surface area contributed by atoms with Crippen molar-refractivity contribution in [3.63, 3.8) is 0 Å². The van der Waals surface area contributed by atoms with Gasteiger partial charge in [0.05, 0.1) is 5.70 Å². The molecule has 1 nitrogen and oxygen atoms in total. The van der Waals surface area contributed by atoms with Crippen molar-refractivity contribution in [1.29, 1.82) is 0 Å². The van der Waals surface area contributed by atoms with Crippen LogP contribution in [0.3, 0.4) is 0 Å². The summed E-state index contributed by atoms with van der Waals surface area (Å²) in [6.07, 6.45) is 5.66. The molecule has 88 valence electrons. The molecule has 0 amide bonds. The summed E-state index contributed by atoms with van der Waals surface area (Å²) in [5.74, 6) is -0.315. The Hall–Kier alpha value is -1.54. The Balaban J connectivity index is 2.48. The fourth-order valence-electron chi connectivity index (χ4n) is 1.89. The summed E-state index contributed by atoms with van der Waals surface area (Å²) in [5, 5.41) is 0.403. The second-order valence-corrected chi connectivity index (χ2v) is 4.21. The Labute approximate surface area is 106 Å². The normalized spacial score (nSPS) is 15.1. The highest BCUT2D eigenvalue weighted by Crippen LogP contribution is 2.29. The van der Waals surface area contributed by atoms with Gasteiger partial charge in [-0.2, -0.15) is 0 Å². The number of likely N-dealkylation sites (N-methyl/N-ethyl adjacent to an activating group) is 1. The van der Waals surface area contributed by atoms with Crippen LogP contribution in [0.1, 0.15) is 12.5 Å². The molecule has 17 heavy (non-hydrogen) atoms. The predicted molar refractivity (Wildman–Crippen MR) is 70.0 cm³/mol. The third kappa shape index (κ3) is 2.27. The Morgan fingerprint density at radius 2 is 2.18 bits per heavy atom. The molecule has 0 unspecified atom stereocenters. The van der Waals surface area contributed by atoms with Crippen LogP contribution in [-0.4, -0.2) is 11.4 Å². The molecule has 0 spiro atoms. The number of nitrogens with zero attached hydrogens (tertiary/aromatic N) is 1. The fourth-order valence-corrected chi connectivity index (χ4v) is 2.05. The van der Waals surface area contributed by atoms with Gasteiger partial charge < -0.3 is 4.90 Å². The molecule has 0 bridgehead atoms. The van der Waals surface area contributed by atoms with E-state index in [-0.39, 0.29) is 5.82 Å². The van der Waals surface area contributed by atoms with E-state index in [1.54, 1.807) is 12.1 Å². The summed E-state index contributed by atoms with van der Waals surface area (Å²) < 4.78 is 13.9. The number of rotatable bonds is 2. The molecule has 1 aliphatic heterocycles. The van der Waals surface area contributed by atoms with Crippen molar-refractivity contribution in [1.82, 2.24) is 4.90 Å². The molecule has 1 aliphatic rings. The van der Waals surface area contributed by atoms with Crippen LogP contribution in [0.25, 0.3) is 5.70 Å². The lowest BCUT2D eigenvalue weighted by Crippen LogP contribution is -2.21. The molecule has 1 aromatic carbocycles. The molecule has 2 rings (SSSR count). The molecule has 1 aromatic rings. The van der Waals surface area contributed by atoms with Crippen LogP contribution in [0.15, 0.2) is 48.7 Å². The molecular formula is C14H13ClFN. The molecule has 0 fully saturated rings. The number of hydrogen-bond donors (Lipinski definition) is 0. The Morgan fingerprint density at radius 1 is 1.41 bits per heavy atom. The highest BCUT2D eigenvalue weighted by molar-refractivity contribution is 6.30. The zero-order chi connectivity index (χ0) is 12.4. The molecule has 3 heteroatoms. The van der Waals surface area contributed by atoms with Gasteiger partial charge in [0.15, 0.2) is 0 Å². The van der Waals surface area contributed by atoms with Crippen LogP contribution < -0.4 is 0 Å². The lowest BCUT2D eigenvalue weighted by Gasteiger charge is -2.29. The molecule has 0 radical (unpaired) electrons. The third-order valence-electron chi connectivity index (χ3n) is 2.70. The zero-order valence-electron chi connectivity index (χ0n) is 9.58. The SMILES string of the molecule is C=C1C=CC=C(c2ccc(Cl)cc2F)N1CC. The monoisotopic (exact) mass is 249 g/mol. The van der Waals surface area contributed by atoms with Gasteiger partial charge >= 0.3 is 0 Å². The largest absolute Gasteiger partial charge is 0.342 e. The van der Waals surface area contributed by atoms with Gasteiger partial charge in [-0.05, 0) is 37.3 Å². The minimum Gasteiger partial charge on any atom is -0.342 e. The molecule has 1 heterocycles. The second-order valence-electron chi connectivity index (χ2n) is 3.77. The number of halogens is 2. The summed E-state index contributed by atoms with van der Waals surface area (Å²) in [7, 11) is 0. The summed E-state index contributed by atoms with van der Waals surface area (Å²) in [6, 6.07) is 4.71. The Kier molecular flexibility index (Phi) is 3.34. The van der Waals surface area contributed by atoms with E-state index < -0.39 is 0 Å².